The molecule has 1 rings (SSSR count). The van der Waals surface area contributed by atoms with Crippen molar-refractivity contribution in [1.82, 2.24) is 5.32 Å². The highest BCUT2D eigenvalue weighted by Gasteiger charge is 2.19. The fourth-order valence-electron chi connectivity index (χ4n) is 1.67. The molecule has 0 radical (unpaired) electrons. The van der Waals surface area contributed by atoms with Crippen molar-refractivity contribution < 1.29 is 19.1 Å². The first-order chi connectivity index (χ1) is 9.36. The van der Waals surface area contributed by atoms with Crippen LogP contribution in [-0.4, -0.2) is 23.5 Å². The van der Waals surface area contributed by atoms with E-state index in [1.54, 1.807) is 0 Å². The minimum absolute atomic E-state index is 0.0104. The Morgan fingerprint density at radius 1 is 1.35 bits per heavy atom. The van der Waals surface area contributed by atoms with Crippen LogP contribution in [0.4, 0.5) is 4.39 Å². The van der Waals surface area contributed by atoms with Crippen molar-refractivity contribution in [3.8, 4) is 0 Å². The van der Waals surface area contributed by atoms with E-state index in [0.29, 0.717) is 12.8 Å². The van der Waals surface area contributed by atoms with Crippen LogP contribution in [0.2, 0.25) is 10.0 Å². The lowest BCUT2D eigenvalue weighted by molar-refractivity contribution is -0.141. The molecule has 7 heteroatoms. The zero-order valence-electron chi connectivity index (χ0n) is 10.8. The van der Waals surface area contributed by atoms with Crippen LogP contribution in [0.3, 0.4) is 0 Å². The fourth-order valence-corrected chi connectivity index (χ4v) is 2.14. The zero-order valence-corrected chi connectivity index (χ0v) is 12.3. The topological polar surface area (TPSA) is 66.4 Å². The van der Waals surface area contributed by atoms with E-state index in [1.165, 1.54) is 0 Å². The molecule has 1 unspecified atom stereocenters. The fraction of sp³-hybridized carbons (Fsp3) is 0.385. The average molecular weight is 322 g/mol. The monoisotopic (exact) mass is 321 g/mol. The van der Waals surface area contributed by atoms with Crippen LogP contribution in [-0.2, 0) is 4.79 Å². The second-order valence-electron chi connectivity index (χ2n) is 4.28. The van der Waals surface area contributed by atoms with E-state index in [9.17, 15) is 14.0 Å². The lowest BCUT2D eigenvalue weighted by Crippen LogP contribution is -2.33. The van der Waals surface area contributed by atoms with E-state index in [1.807, 2.05) is 6.92 Å². The van der Waals surface area contributed by atoms with Gasteiger partial charge in [-0.3, -0.25) is 9.59 Å². The third kappa shape index (κ3) is 4.35. The molecule has 1 atom stereocenters. The van der Waals surface area contributed by atoms with Gasteiger partial charge in [-0.2, -0.15) is 0 Å². The molecule has 2 N–H and O–H groups in total. The molecule has 0 spiro atoms. The molecule has 20 heavy (non-hydrogen) atoms. The summed E-state index contributed by atoms with van der Waals surface area (Å²) in [6.07, 6.45) is 1.13. The van der Waals surface area contributed by atoms with Crippen LogP contribution in [0.5, 0.6) is 0 Å². The summed E-state index contributed by atoms with van der Waals surface area (Å²) in [5.41, 5.74) is -0.0748. The van der Waals surface area contributed by atoms with Crippen molar-refractivity contribution in [3.63, 3.8) is 0 Å². The van der Waals surface area contributed by atoms with Crippen molar-refractivity contribution in [3.05, 3.63) is 33.6 Å². The Balaban J connectivity index is 2.76. The van der Waals surface area contributed by atoms with E-state index in [4.69, 9.17) is 28.3 Å². The third-order valence-corrected chi connectivity index (χ3v) is 3.35. The number of carboxylic acid groups (broad SMARTS) is 1. The Kier molecular flexibility index (Phi) is 6.23. The lowest BCUT2D eigenvalue weighted by Gasteiger charge is -2.13. The molecule has 1 aromatic carbocycles. The van der Waals surface area contributed by atoms with E-state index in [-0.39, 0.29) is 22.2 Å². The summed E-state index contributed by atoms with van der Waals surface area (Å²) in [4.78, 5) is 22.8. The Morgan fingerprint density at radius 2 is 2.00 bits per heavy atom. The molecule has 0 aromatic heterocycles. The maximum atomic E-state index is 13.3. The van der Waals surface area contributed by atoms with Crippen molar-refractivity contribution in [2.75, 3.05) is 6.54 Å². The van der Waals surface area contributed by atoms with Crippen LogP contribution < -0.4 is 5.32 Å². The molecule has 0 aliphatic rings. The molecule has 0 aliphatic carbocycles. The number of nitrogens with one attached hydrogen (secondary N) is 1. The number of rotatable bonds is 6. The number of carbonyl (C=O) groups excluding carboxylic acids is 1. The van der Waals surface area contributed by atoms with Crippen molar-refractivity contribution >= 4 is 35.1 Å². The second kappa shape index (κ2) is 7.45. The highest BCUT2D eigenvalue weighted by atomic mass is 35.5. The molecule has 0 saturated heterocycles. The van der Waals surface area contributed by atoms with Crippen molar-refractivity contribution in [2.24, 2.45) is 5.92 Å². The number of benzene rings is 1. The number of aliphatic carboxylic acids is 1. The normalized spacial score (nSPS) is 12.0. The predicted molar refractivity (Wildman–Crippen MR) is 74.8 cm³/mol. The van der Waals surface area contributed by atoms with Gasteiger partial charge in [-0.05, 0) is 18.6 Å². The summed E-state index contributed by atoms with van der Waals surface area (Å²) in [5, 5.41) is 11.2. The zero-order chi connectivity index (χ0) is 15.3. The molecule has 0 bridgehead atoms. The molecule has 1 amide bonds. The smallest absolute Gasteiger partial charge is 0.308 e. The van der Waals surface area contributed by atoms with E-state index >= 15 is 0 Å². The summed E-state index contributed by atoms with van der Waals surface area (Å²) in [6, 6.07) is 2.06. The Bertz CT molecular complexity index is 523. The van der Waals surface area contributed by atoms with Crippen LogP contribution in [0.1, 0.15) is 30.1 Å². The maximum Gasteiger partial charge on any atom is 0.308 e. The Labute approximate surface area is 125 Å². The number of halogens is 3. The van der Waals surface area contributed by atoms with Crippen LogP contribution in [0.25, 0.3) is 0 Å². The quantitative estimate of drug-likeness (QED) is 0.789. The van der Waals surface area contributed by atoms with Crippen LogP contribution >= 0.6 is 23.2 Å². The molecule has 0 heterocycles. The molecular formula is C13H14Cl2FNO3. The van der Waals surface area contributed by atoms with Gasteiger partial charge in [-0.15, -0.1) is 0 Å². The number of amides is 1. The standard InChI is InChI=1S/C13H14Cl2FNO3/c1-2-3-7(13(19)20)6-17-12(18)8-4-11(16)10(15)5-9(8)14/h4-5,7H,2-3,6H2,1H3,(H,17,18)(H,19,20). The van der Waals surface area contributed by atoms with Gasteiger partial charge in [0.15, 0.2) is 0 Å². The summed E-state index contributed by atoms with van der Waals surface area (Å²) >= 11 is 11.3. The van der Waals surface area contributed by atoms with E-state index in [0.717, 1.165) is 12.1 Å². The third-order valence-electron chi connectivity index (χ3n) is 2.75. The molecule has 0 aliphatic heterocycles. The molecule has 0 fully saturated rings. The highest BCUT2D eigenvalue weighted by Crippen LogP contribution is 2.24. The first-order valence-electron chi connectivity index (χ1n) is 6.02. The van der Waals surface area contributed by atoms with Gasteiger partial charge in [0.1, 0.15) is 5.82 Å². The first-order valence-corrected chi connectivity index (χ1v) is 6.78. The summed E-state index contributed by atoms with van der Waals surface area (Å²) < 4.78 is 13.3. The van der Waals surface area contributed by atoms with Gasteiger partial charge < -0.3 is 10.4 Å². The van der Waals surface area contributed by atoms with E-state index < -0.39 is 23.6 Å². The largest absolute Gasteiger partial charge is 0.481 e. The molecular weight excluding hydrogens is 308 g/mol. The van der Waals surface area contributed by atoms with Gasteiger partial charge >= 0.3 is 5.97 Å². The van der Waals surface area contributed by atoms with Gasteiger partial charge in [-0.1, -0.05) is 36.5 Å². The van der Waals surface area contributed by atoms with Gasteiger partial charge in [0, 0.05) is 6.54 Å². The van der Waals surface area contributed by atoms with Crippen LogP contribution in [0.15, 0.2) is 12.1 Å². The number of hydrogen-bond acceptors (Lipinski definition) is 2. The van der Waals surface area contributed by atoms with Gasteiger partial charge in [0.05, 0.1) is 21.5 Å². The number of carbonyl (C=O) groups is 2. The van der Waals surface area contributed by atoms with Crippen molar-refractivity contribution in [2.45, 2.75) is 19.8 Å². The summed E-state index contributed by atoms with van der Waals surface area (Å²) in [6.45, 7) is 1.81. The second-order valence-corrected chi connectivity index (χ2v) is 5.09. The minimum atomic E-state index is -0.986. The molecule has 0 saturated carbocycles. The molecule has 1 aromatic rings. The van der Waals surface area contributed by atoms with Crippen molar-refractivity contribution in [1.29, 1.82) is 0 Å². The van der Waals surface area contributed by atoms with Gasteiger partial charge in [-0.25, -0.2) is 4.39 Å². The van der Waals surface area contributed by atoms with Gasteiger partial charge in [0.2, 0.25) is 0 Å². The molecule has 4 nitrogen and oxygen atoms in total. The van der Waals surface area contributed by atoms with Crippen LogP contribution in [0, 0.1) is 11.7 Å². The Morgan fingerprint density at radius 3 is 2.55 bits per heavy atom. The average Bonchev–Trinajstić information content (AvgIpc) is 2.38. The number of hydrogen-bond donors (Lipinski definition) is 2. The van der Waals surface area contributed by atoms with E-state index in [2.05, 4.69) is 5.32 Å². The molecule has 110 valence electrons. The van der Waals surface area contributed by atoms with Gasteiger partial charge in [0.25, 0.3) is 5.91 Å². The minimum Gasteiger partial charge on any atom is -0.481 e. The Hall–Kier alpha value is -1.33. The lowest BCUT2D eigenvalue weighted by atomic mass is 10.0. The highest BCUT2D eigenvalue weighted by molar-refractivity contribution is 6.36. The maximum absolute atomic E-state index is 13.3. The first kappa shape index (κ1) is 16.7. The summed E-state index contributed by atoms with van der Waals surface area (Å²) in [7, 11) is 0. The number of carboxylic acids is 1. The predicted octanol–water partition coefficient (Wildman–Crippen LogP) is 3.36. The SMILES string of the molecule is CCCC(CNC(=O)c1cc(F)c(Cl)cc1Cl)C(=O)O. The summed E-state index contributed by atoms with van der Waals surface area (Å²) in [5.74, 6) is -3.06.